The molecule has 3 heteroatoms. The summed E-state index contributed by atoms with van der Waals surface area (Å²) < 4.78 is 0. The van der Waals surface area contributed by atoms with Crippen molar-refractivity contribution in [1.29, 1.82) is 0 Å². The molecule has 0 saturated carbocycles. The number of hydrazine groups is 1. The first kappa shape index (κ1) is 10.4. The van der Waals surface area contributed by atoms with Crippen LogP contribution in [-0.4, -0.2) is 5.91 Å². The van der Waals surface area contributed by atoms with Crippen LogP contribution < -0.4 is 11.3 Å². The highest BCUT2D eigenvalue weighted by molar-refractivity contribution is 5.75. The third kappa shape index (κ3) is 3.37. The second-order valence-electron chi connectivity index (χ2n) is 3.26. The Hall–Kier alpha value is -0.570. The molecule has 0 saturated heterocycles. The van der Waals surface area contributed by atoms with E-state index in [0.717, 1.165) is 12.8 Å². The second-order valence-corrected chi connectivity index (χ2v) is 3.26. The van der Waals surface area contributed by atoms with Gasteiger partial charge in [0.1, 0.15) is 0 Å². The van der Waals surface area contributed by atoms with Gasteiger partial charge in [0.25, 0.3) is 0 Å². The first-order valence-corrected chi connectivity index (χ1v) is 4.07. The van der Waals surface area contributed by atoms with Gasteiger partial charge in [-0.25, -0.2) is 5.84 Å². The Morgan fingerprint density at radius 3 is 2.18 bits per heavy atom. The predicted molar refractivity (Wildman–Crippen MR) is 45.6 cm³/mol. The van der Waals surface area contributed by atoms with Crippen molar-refractivity contribution in [2.24, 2.45) is 11.3 Å². The van der Waals surface area contributed by atoms with Crippen LogP contribution in [0, 0.1) is 5.41 Å². The van der Waals surface area contributed by atoms with E-state index in [-0.39, 0.29) is 11.3 Å². The Labute approximate surface area is 68.3 Å². The minimum absolute atomic E-state index is 0.0730. The van der Waals surface area contributed by atoms with Gasteiger partial charge in [0.2, 0.25) is 5.91 Å². The molecule has 0 aliphatic heterocycles. The van der Waals surface area contributed by atoms with Crippen molar-refractivity contribution < 1.29 is 4.79 Å². The van der Waals surface area contributed by atoms with Gasteiger partial charge < -0.3 is 0 Å². The lowest BCUT2D eigenvalue weighted by Crippen LogP contribution is -2.34. The van der Waals surface area contributed by atoms with Crippen molar-refractivity contribution in [2.45, 2.75) is 40.0 Å². The van der Waals surface area contributed by atoms with Crippen molar-refractivity contribution in [3.05, 3.63) is 0 Å². The molecule has 0 unspecified atom stereocenters. The summed E-state index contributed by atoms with van der Waals surface area (Å²) in [4.78, 5) is 10.9. The van der Waals surface area contributed by atoms with E-state index in [1.54, 1.807) is 0 Å². The van der Waals surface area contributed by atoms with Crippen LogP contribution in [-0.2, 0) is 4.79 Å². The highest BCUT2D eigenvalue weighted by Crippen LogP contribution is 2.28. The van der Waals surface area contributed by atoms with Crippen molar-refractivity contribution in [3.63, 3.8) is 0 Å². The fraction of sp³-hybridized carbons (Fsp3) is 0.875. The maximum absolute atomic E-state index is 10.9. The number of carbonyl (C=O) groups excluding carboxylic acids is 1. The monoisotopic (exact) mass is 158 g/mol. The zero-order valence-corrected chi connectivity index (χ0v) is 7.61. The quantitative estimate of drug-likeness (QED) is 0.367. The van der Waals surface area contributed by atoms with E-state index in [9.17, 15) is 4.79 Å². The SMILES string of the molecule is CCC(C)(CC)CC(=O)NN. The zero-order chi connectivity index (χ0) is 8.91. The average Bonchev–Trinajstić information content (AvgIpc) is 2.04. The lowest BCUT2D eigenvalue weighted by Gasteiger charge is -2.24. The van der Waals surface area contributed by atoms with E-state index in [0.29, 0.717) is 6.42 Å². The van der Waals surface area contributed by atoms with E-state index < -0.39 is 0 Å². The zero-order valence-electron chi connectivity index (χ0n) is 7.61. The summed E-state index contributed by atoms with van der Waals surface area (Å²) in [6.07, 6.45) is 2.55. The number of hydrogen-bond acceptors (Lipinski definition) is 2. The highest BCUT2D eigenvalue weighted by atomic mass is 16.2. The van der Waals surface area contributed by atoms with Gasteiger partial charge in [0.15, 0.2) is 0 Å². The molecule has 3 N–H and O–H groups in total. The number of carbonyl (C=O) groups is 1. The maximum atomic E-state index is 10.9. The summed E-state index contributed by atoms with van der Waals surface area (Å²) in [5.74, 6) is 4.92. The van der Waals surface area contributed by atoms with Gasteiger partial charge in [0.05, 0.1) is 0 Å². The molecule has 0 heterocycles. The Kier molecular flexibility index (Phi) is 4.11. The number of rotatable bonds is 4. The summed E-state index contributed by atoms with van der Waals surface area (Å²) in [6.45, 7) is 6.28. The van der Waals surface area contributed by atoms with E-state index >= 15 is 0 Å². The Morgan fingerprint density at radius 1 is 1.45 bits per heavy atom. The highest BCUT2D eigenvalue weighted by Gasteiger charge is 2.22. The minimum atomic E-state index is -0.0730. The van der Waals surface area contributed by atoms with Crippen molar-refractivity contribution in [1.82, 2.24) is 5.43 Å². The summed E-state index contributed by atoms with van der Waals surface area (Å²) in [7, 11) is 0. The van der Waals surface area contributed by atoms with Gasteiger partial charge in [0, 0.05) is 6.42 Å². The van der Waals surface area contributed by atoms with Gasteiger partial charge in [-0.05, 0) is 5.41 Å². The van der Waals surface area contributed by atoms with E-state index in [1.165, 1.54) is 0 Å². The lowest BCUT2D eigenvalue weighted by molar-refractivity contribution is -0.123. The molecular weight excluding hydrogens is 140 g/mol. The third-order valence-corrected chi connectivity index (χ3v) is 2.46. The van der Waals surface area contributed by atoms with Crippen LogP contribution in [0.1, 0.15) is 40.0 Å². The van der Waals surface area contributed by atoms with Gasteiger partial charge in [-0.1, -0.05) is 33.6 Å². The van der Waals surface area contributed by atoms with Crippen LogP contribution in [0.5, 0.6) is 0 Å². The molecule has 0 aliphatic carbocycles. The van der Waals surface area contributed by atoms with Crippen LogP contribution in [0.3, 0.4) is 0 Å². The van der Waals surface area contributed by atoms with Gasteiger partial charge in [-0.15, -0.1) is 0 Å². The molecular formula is C8H18N2O. The summed E-state index contributed by atoms with van der Waals surface area (Å²) >= 11 is 0. The Morgan fingerprint density at radius 2 is 1.91 bits per heavy atom. The predicted octanol–water partition coefficient (Wildman–Crippen LogP) is 1.19. The topological polar surface area (TPSA) is 55.1 Å². The Balaban J connectivity index is 3.96. The maximum Gasteiger partial charge on any atom is 0.234 e. The fourth-order valence-electron chi connectivity index (χ4n) is 0.939. The molecule has 3 nitrogen and oxygen atoms in total. The van der Waals surface area contributed by atoms with Crippen LogP contribution in [0.2, 0.25) is 0 Å². The van der Waals surface area contributed by atoms with Crippen molar-refractivity contribution in [3.8, 4) is 0 Å². The number of amides is 1. The standard InChI is InChI=1S/C8H18N2O/c1-4-8(3,5-2)6-7(11)10-9/h4-6,9H2,1-3H3,(H,10,11). The van der Waals surface area contributed by atoms with E-state index in [4.69, 9.17) is 5.84 Å². The van der Waals surface area contributed by atoms with E-state index in [2.05, 4.69) is 26.2 Å². The largest absolute Gasteiger partial charge is 0.294 e. The number of nitrogens with one attached hydrogen (secondary N) is 1. The number of nitrogens with two attached hydrogens (primary N) is 1. The molecule has 0 aliphatic rings. The molecule has 0 aromatic heterocycles. The second kappa shape index (κ2) is 4.34. The normalized spacial score (nSPS) is 11.3. The van der Waals surface area contributed by atoms with Crippen molar-refractivity contribution >= 4 is 5.91 Å². The van der Waals surface area contributed by atoms with Gasteiger partial charge in [-0.3, -0.25) is 10.2 Å². The molecule has 66 valence electrons. The Bertz CT molecular complexity index is 130. The fourth-order valence-corrected chi connectivity index (χ4v) is 0.939. The van der Waals surface area contributed by atoms with E-state index in [1.807, 2.05) is 0 Å². The average molecular weight is 158 g/mol. The molecule has 1 amide bonds. The molecule has 0 aromatic carbocycles. The van der Waals surface area contributed by atoms with Crippen LogP contribution in [0.15, 0.2) is 0 Å². The molecule has 0 fully saturated rings. The number of hydrogen-bond donors (Lipinski definition) is 2. The van der Waals surface area contributed by atoms with Crippen LogP contribution in [0.4, 0.5) is 0 Å². The van der Waals surface area contributed by atoms with Gasteiger partial charge >= 0.3 is 0 Å². The summed E-state index contributed by atoms with van der Waals surface area (Å²) in [5.41, 5.74) is 2.26. The molecule has 0 atom stereocenters. The first-order chi connectivity index (χ1) is 5.08. The molecule has 11 heavy (non-hydrogen) atoms. The van der Waals surface area contributed by atoms with Crippen molar-refractivity contribution in [2.75, 3.05) is 0 Å². The smallest absolute Gasteiger partial charge is 0.234 e. The minimum Gasteiger partial charge on any atom is -0.294 e. The molecule has 0 aromatic rings. The van der Waals surface area contributed by atoms with Crippen LogP contribution >= 0.6 is 0 Å². The molecule has 0 radical (unpaired) electrons. The molecule has 0 rings (SSSR count). The summed E-state index contributed by atoms with van der Waals surface area (Å²) in [6, 6.07) is 0. The summed E-state index contributed by atoms with van der Waals surface area (Å²) in [5, 5.41) is 0. The van der Waals surface area contributed by atoms with Gasteiger partial charge in [-0.2, -0.15) is 0 Å². The third-order valence-electron chi connectivity index (χ3n) is 2.46. The first-order valence-electron chi connectivity index (χ1n) is 4.07. The molecule has 0 bridgehead atoms. The van der Waals surface area contributed by atoms with Crippen LogP contribution in [0.25, 0.3) is 0 Å². The lowest BCUT2D eigenvalue weighted by atomic mass is 9.81. The molecule has 0 spiro atoms.